The molecule has 2 rings (SSSR count). The molecule has 116 valence electrons. The van der Waals surface area contributed by atoms with Gasteiger partial charge in [0.2, 0.25) is 5.91 Å². The highest BCUT2D eigenvalue weighted by Crippen LogP contribution is 2.43. The van der Waals surface area contributed by atoms with Crippen LogP contribution in [0.1, 0.15) is 51.7 Å². The van der Waals surface area contributed by atoms with Crippen LogP contribution in [0.5, 0.6) is 0 Å². The van der Waals surface area contributed by atoms with Crippen LogP contribution >= 0.6 is 0 Å². The van der Waals surface area contributed by atoms with Crippen molar-refractivity contribution in [1.82, 2.24) is 5.32 Å². The smallest absolute Gasteiger partial charge is 0.224 e. The molecule has 0 aliphatic heterocycles. The molecular weight excluding hydrogens is 262 g/mol. The van der Waals surface area contributed by atoms with E-state index in [0.29, 0.717) is 5.92 Å². The van der Waals surface area contributed by atoms with E-state index < -0.39 is 6.10 Å². The van der Waals surface area contributed by atoms with Crippen LogP contribution in [0, 0.1) is 17.3 Å². The van der Waals surface area contributed by atoms with Crippen LogP contribution in [0.4, 0.5) is 0 Å². The Balaban J connectivity index is 1.95. The van der Waals surface area contributed by atoms with Crippen LogP contribution in [-0.4, -0.2) is 17.6 Å². The summed E-state index contributed by atoms with van der Waals surface area (Å²) in [5, 5.41) is 13.1. The summed E-state index contributed by atoms with van der Waals surface area (Å²) < 4.78 is 0. The predicted molar refractivity (Wildman–Crippen MR) is 84.7 cm³/mol. The quantitative estimate of drug-likeness (QED) is 0.893. The SMILES string of the molecule is CC1CCCC(C)(C)C1C(=O)NC[C@H](O)c1ccccc1. The number of aliphatic hydroxyl groups is 1. The summed E-state index contributed by atoms with van der Waals surface area (Å²) in [5.41, 5.74) is 0.883. The summed E-state index contributed by atoms with van der Waals surface area (Å²) in [7, 11) is 0. The van der Waals surface area contributed by atoms with Gasteiger partial charge in [-0.2, -0.15) is 0 Å². The number of nitrogens with one attached hydrogen (secondary N) is 1. The van der Waals surface area contributed by atoms with Gasteiger partial charge in [0.05, 0.1) is 6.10 Å². The lowest BCUT2D eigenvalue weighted by atomic mass is 9.64. The third kappa shape index (κ3) is 3.85. The Kier molecular flexibility index (Phi) is 5.04. The van der Waals surface area contributed by atoms with Crippen molar-refractivity contribution in [3.8, 4) is 0 Å². The van der Waals surface area contributed by atoms with Crippen LogP contribution < -0.4 is 5.32 Å². The molecule has 3 atom stereocenters. The van der Waals surface area contributed by atoms with Gasteiger partial charge in [-0.05, 0) is 29.7 Å². The predicted octanol–water partition coefficient (Wildman–Crippen LogP) is 3.30. The molecule has 2 N–H and O–H groups in total. The normalized spacial score (nSPS) is 26.1. The van der Waals surface area contributed by atoms with E-state index in [1.165, 1.54) is 6.42 Å². The number of amides is 1. The molecule has 1 aromatic carbocycles. The maximum atomic E-state index is 12.5. The maximum absolute atomic E-state index is 12.5. The lowest BCUT2D eigenvalue weighted by Crippen LogP contribution is -2.45. The number of carbonyl (C=O) groups is 1. The Morgan fingerprint density at radius 2 is 2.05 bits per heavy atom. The van der Waals surface area contributed by atoms with Crippen LogP contribution in [0.15, 0.2) is 30.3 Å². The van der Waals surface area contributed by atoms with E-state index in [2.05, 4.69) is 26.1 Å². The fourth-order valence-electron chi connectivity index (χ4n) is 3.69. The van der Waals surface area contributed by atoms with Crippen LogP contribution in [0.2, 0.25) is 0 Å². The molecule has 1 aliphatic carbocycles. The van der Waals surface area contributed by atoms with Crippen molar-refractivity contribution in [2.75, 3.05) is 6.54 Å². The summed E-state index contributed by atoms with van der Waals surface area (Å²) in [6.07, 6.45) is 2.77. The second-order valence-corrected chi connectivity index (χ2v) is 7.01. The zero-order valence-electron chi connectivity index (χ0n) is 13.3. The van der Waals surface area contributed by atoms with Gasteiger partial charge in [-0.15, -0.1) is 0 Å². The van der Waals surface area contributed by atoms with Gasteiger partial charge in [-0.1, -0.05) is 57.5 Å². The molecular formula is C18H27NO2. The van der Waals surface area contributed by atoms with Crippen molar-refractivity contribution in [2.45, 2.75) is 46.1 Å². The molecule has 1 fully saturated rings. The zero-order chi connectivity index (χ0) is 15.5. The highest BCUT2D eigenvalue weighted by molar-refractivity contribution is 5.79. The summed E-state index contributed by atoms with van der Waals surface area (Å²) in [5.74, 6) is 0.527. The second-order valence-electron chi connectivity index (χ2n) is 7.01. The van der Waals surface area contributed by atoms with E-state index in [4.69, 9.17) is 0 Å². The van der Waals surface area contributed by atoms with Gasteiger partial charge in [-0.25, -0.2) is 0 Å². The van der Waals surface area contributed by atoms with E-state index in [-0.39, 0.29) is 23.8 Å². The third-order valence-corrected chi connectivity index (χ3v) is 4.83. The van der Waals surface area contributed by atoms with Crippen molar-refractivity contribution < 1.29 is 9.90 Å². The van der Waals surface area contributed by atoms with Crippen molar-refractivity contribution in [1.29, 1.82) is 0 Å². The monoisotopic (exact) mass is 289 g/mol. The topological polar surface area (TPSA) is 49.3 Å². The summed E-state index contributed by atoms with van der Waals surface area (Å²) >= 11 is 0. The number of rotatable bonds is 4. The Labute approximate surface area is 127 Å². The first kappa shape index (κ1) is 16.0. The summed E-state index contributed by atoms with van der Waals surface area (Å²) in [6, 6.07) is 9.47. The van der Waals surface area contributed by atoms with Crippen LogP contribution in [0.3, 0.4) is 0 Å². The van der Waals surface area contributed by atoms with Gasteiger partial charge >= 0.3 is 0 Å². The lowest BCUT2D eigenvalue weighted by Gasteiger charge is -2.41. The maximum Gasteiger partial charge on any atom is 0.224 e. The summed E-state index contributed by atoms with van der Waals surface area (Å²) in [6.45, 7) is 6.81. The van der Waals surface area contributed by atoms with Gasteiger partial charge in [0.15, 0.2) is 0 Å². The largest absolute Gasteiger partial charge is 0.387 e. The molecule has 1 aromatic rings. The number of aliphatic hydroxyl groups excluding tert-OH is 1. The molecule has 1 amide bonds. The van der Waals surface area contributed by atoms with E-state index >= 15 is 0 Å². The highest BCUT2D eigenvalue weighted by Gasteiger charge is 2.41. The van der Waals surface area contributed by atoms with Gasteiger partial charge in [0.25, 0.3) is 0 Å². The molecule has 0 heterocycles. The minimum absolute atomic E-state index is 0.0363. The number of benzene rings is 1. The van der Waals surface area contributed by atoms with Crippen LogP contribution in [0.25, 0.3) is 0 Å². The van der Waals surface area contributed by atoms with Gasteiger partial charge in [0.1, 0.15) is 0 Å². The second kappa shape index (κ2) is 6.61. The first-order valence-electron chi connectivity index (χ1n) is 7.92. The minimum Gasteiger partial charge on any atom is -0.387 e. The molecule has 0 bridgehead atoms. The Hall–Kier alpha value is -1.35. The molecule has 1 saturated carbocycles. The standard InChI is InChI=1S/C18H27NO2/c1-13-8-7-11-18(2,3)16(13)17(21)19-12-15(20)14-9-5-4-6-10-14/h4-6,9-10,13,15-16,20H,7-8,11-12H2,1-3H3,(H,19,21)/t13?,15-,16?/m0/s1. The first-order valence-corrected chi connectivity index (χ1v) is 7.92. The minimum atomic E-state index is -0.642. The Morgan fingerprint density at radius 1 is 1.38 bits per heavy atom. The van der Waals surface area contributed by atoms with E-state index in [0.717, 1.165) is 18.4 Å². The van der Waals surface area contributed by atoms with E-state index in [1.54, 1.807) is 0 Å². The average Bonchev–Trinajstić information content (AvgIpc) is 2.44. The molecule has 21 heavy (non-hydrogen) atoms. The van der Waals surface area contributed by atoms with Gasteiger partial charge in [0, 0.05) is 12.5 Å². The zero-order valence-corrected chi connectivity index (χ0v) is 13.3. The Morgan fingerprint density at radius 3 is 2.67 bits per heavy atom. The molecule has 0 saturated heterocycles. The van der Waals surface area contributed by atoms with Gasteiger partial charge in [-0.3, -0.25) is 4.79 Å². The molecule has 2 unspecified atom stereocenters. The molecule has 0 spiro atoms. The number of hydrogen-bond acceptors (Lipinski definition) is 2. The fraction of sp³-hybridized carbons (Fsp3) is 0.611. The number of carbonyl (C=O) groups excluding carboxylic acids is 1. The average molecular weight is 289 g/mol. The summed E-state index contributed by atoms with van der Waals surface area (Å²) in [4.78, 5) is 12.5. The molecule has 0 radical (unpaired) electrons. The number of hydrogen-bond donors (Lipinski definition) is 2. The van der Waals surface area contributed by atoms with Gasteiger partial charge < -0.3 is 10.4 Å². The van der Waals surface area contributed by atoms with E-state index in [1.807, 2.05) is 30.3 Å². The molecule has 0 aromatic heterocycles. The fourth-order valence-corrected chi connectivity index (χ4v) is 3.69. The van der Waals surface area contributed by atoms with Crippen molar-refractivity contribution in [2.24, 2.45) is 17.3 Å². The first-order chi connectivity index (χ1) is 9.92. The van der Waals surface area contributed by atoms with Crippen molar-refractivity contribution in [3.63, 3.8) is 0 Å². The lowest BCUT2D eigenvalue weighted by molar-refractivity contribution is -0.133. The molecule has 3 heteroatoms. The highest BCUT2D eigenvalue weighted by atomic mass is 16.3. The Bertz CT molecular complexity index is 469. The van der Waals surface area contributed by atoms with E-state index in [9.17, 15) is 9.90 Å². The third-order valence-electron chi connectivity index (χ3n) is 4.83. The molecule has 3 nitrogen and oxygen atoms in total. The van der Waals surface area contributed by atoms with Crippen molar-refractivity contribution >= 4 is 5.91 Å². The van der Waals surface area contributed by atoms with Crippen molar-refractivity contribution in [3.05, 3.63) is 35.9 Å². The van der Waals surface area contributed by atoms with Crippen LogP contribution in [-0.2, 0) is 4.79 Å². The molecule has 1 aliphatic rings.